The molecule has 1 fully saturated rings. The van der Waals surface area contributed by atoms with Crippen LogP contribution >= 0.6 is 0 Å². The molecule has 0 aromatic heterocycles. The predicted octanol–water partition coefficient (Wildman–Crippen LogP) is 3.36. The Hall–Kier alpha value is -1.79. The molecule has 0 amide bonds. The van der Waals surface area contributed by atoms with Gasteiger partial charge in [0, 0.05) is 31.7 Å². The van der Waals surface area contributed by atoms with Crippen molar-refractivity contribution < 1.29 is 17.9 Å². The van der Waals surface area contributed by atoms with E-state index in [0.29, 0.717) is 31.6 Å². The lowest BCUT2D eigenvalue weighted by atomic mass is 9.95. The first kappa shape index (κ1) is 16.1. The van der Waals surface area contributed by atoms with Crippen LogP contribution in [0.15, 0.2) is 36.4 Å². The number of ether oxygens (including phenoxy) is 1. The molecule has 1 aliphatic rings. The maximum Gasteiger partial charge on any atom is 0.408 e. The summed E-state index contributed by atoms with van der Waals surface area (Å²) in [6.45, 7) is 1.83. The Bertz CT molecular complexity index is 681. The minimum absolute atomic E-state index is 0.208. The standard InChI is InChI=1S/C17H19F3N2O/c1-23-14-7-6-12-4-2-3-5-13(12)15(14)16(17(18,19)20)22-10-8-21-9-11-22/h2-7,16,21H,8-11H2,1H3/t16-/m1/s1. The Morgan fingerprint density at radius 2 is 1.78 bits per heavy atom. The molecule has 6 heteroatoms. The van der Waals surface area contributed by atoms with Gasteiger partial charge in [0.15, 0.2) is 0 Å². The van der Waals surface area contributed by atoms with Crippen LogP contribution in [0, 0.1) is 0 Å². The first-order valence-corrected chi connectivity index (χ1v) is 7.59. The number of benzene rings is 2. The number of nitrogens with zero attached hydrogens (tertiary/aromatic N) is 1. The van der Waals surface area contributed by atoms with Crippen molar-refractivity contribution in [3.63, 3.8) is 0 Å². The first-order valence-electron chi connectivity index (χ1n) is 7.59. The average Bonchev–Trinajstić information content (AvgIpc) is 2.55. The highest BCUT2D eigenvalue weighted by Gasteiger charge is 2.46. The van der Waals surface area contributed by atoms with Gasteiger partial charge in [-0.15, -0.1) is 0 Å². The van der Waals surface area contributed by atoms with E-state index in [-0.39, 0.29) is 11.3 Å². The highest BCUT2D eigenvalue weighted by atomic mass is 19.4. The molecule has 3 rings (SSSR count). The summed E-state index contributed by atoms with van der Waals surface area (Å²) in [6, 6.07) is 8.90. The molecule has 1 N–H and O–H groups in total. The summed E-state index contributed by atoms with van der Waals surface area (Å²) in [5, 5.41) is 4.47. The second-order valence-electron chi connectivity index (χ2n) is 5.63. The Morgan fingerprint density at radius 3 is 2.43 bits per heavy atom. The van der Waals surface area contributed by atoms with E-state index in [0.717, 1.165) is 5.39 Å². The molecule has 0 spiro atoms. The number of methoxy groups -OCH3 is 1. The van der Waals surface area contributed by atoms with Crippen molar-refractivity contribution in [3.8, 4) is 5.75 Å². The van der Waals surface area contributed by atoms with Crippen molar-refractivity contribution >= 4 is 10.8 Å². The summed E-state index contributed by atoms with van der Waals surface area (Å²) in [5.74, 6) is 0.282. The van der Waals surface area contributed by atoms with Crippen molar-refractivity contribution in [1.29, 1.82) is 0 Å². The minimum Gasteiger partial charge on any atom is -0.496 e. The van der Waals surface area contributed by atoms with Crippen LogP contribution in [0.5, 0.6) is 5.75 Å². The molecule has 1 aliphatic heterocycles. The third-order valence-corrected chi connectivity index (χ3v) is 4.25. The van der Waals surface area contributed by atoms with Gasteiger partial charge in [0.2, 0.25) is 0 Å². The van der Waals surface area contributed by atoms with E-state index in [4.69, 9.17) is 4.74 Å². The second kappa shape index (κ2) is 6.37. The van der Waals surface area contributed by atoms with E-state index in [1.165, 1.54) is 12.0 Å². The zero-order valence-electron chi connectivity index (χ0n) is 12.9. The van der Waals surface area contributed by atoms with E-state index in [1.807, 2.05) is 12.1 Å². The van der Waals surface area contributed by atoms with Gasteiger partial charge in [-0.05, 0) is 16.8 Å². The van der Waals surface area contributed by atoms with Crippen LogP contribution in [-0.4, -0.2) is 44.4 Å². The van der Waals surface area contributed by atoms with Gasteiger partial charge in [-0.2, -0.15) is 13.2 Å². The molecule has 1 atom stereocenters. The van der Waals surface area contributed by atoms with E-state index >= 15 is 0 Å². The molecule has 3 nitrogen and oxygen atoms in total. The Labute approximate surface area is 133 Å². The van der Waals surface area contributed by atoms with Crippen molar-refractivity contribution in [1.82, 2.24) is 10.2 Å². The predicted molar refractivity (Wildman–Crippen MR) is 83.7 cm³/mol. The fourth-order valence-corrected chi connectivity index (χ4v) is 3.23. The largest absolute Gasteiger partial charge is 0.496 e. The number of fused-ring (bicyclic) bond motifs is 1. The maximum atomic E-state index is 13.9. The maximum absolute atomic E-state index is 13.9. The van der Waals surface area contributed by atoms with Gasteiger partial charge in [-0.25, -0.2) is 0 Å². The number of alkyl halides is 3. The smallest absolute Gasteiger partial charge is 0.408 e. The average molecular weight is 324 g/mol. The van der Waals surface area contributed by atoms with Gasteiger partial charge in [-0.3, -0.25) is 4.90 Å². The van der Waals surface area contributed by atoms with Gasteiger partial charge in [0.25, 0.3) is 0 Å². The van der Waals surface area contributed by atoms with Crippen LogP contribution in [0.3, 0.4) is 0 Å². The third-order valence-electron chi connectivity index (χ3n) is 4.25. The van der Waals surface area contributed by atoms with Crippen molar-refractivity contribution in [2.24, 2.45) is 0 Å². The Balaban J connectivity index is 2.20. The fraction of sp³-hybridized carbons (Fsp3) is 0.412. The molecular formula is C17H19F3N2O. The lowest BCUT2D eigenvalue weighted by Gasteiger charge is -2.37. The van der Waals surface area contributed by atoms with Gasteiger partial charge in [0.05, 0.1) is 7.11 Å². The van der Waals surface area contributed by atoms with Gasteiger partial charge in [0.1, 0.15) is 11.8 Å². The molecule has 1 heterocycles. The van der Waals surface area contributed by atoms with Crippen LogP contribution in [0.1, 0.15) is 11.6 Å². The summed E-state index contributed by atoms with van der Waals surface area (Å²) < 4.78 is 47.0. The SMILES string of the molecule is COc1ccc2ccccc2c1[C@@H](N1CCNCC1)C(F)(F)F. The minimum atomic E-state index is -4.37. The van der Waals surface area contributed by atoms with Gasteiger partial charge in [-0.1, -0.05) is 30.3 Å². The number of nitrogens with one attached hydrogen (secondary N) is 1. The van der Waals surface area contributed by atoms with Gasteiger partial charge >= 0.3 is 6.18 Å². The summed E-state index contributed by atoms with van der Waals surface area (Å²) in [6.07, 6.45) is -4.37. The number of piperazine rings is 1. The van der Waals surface area contributed by atoms with Crippen molar-refractivity contribution in [2.75, 3.05) is 33.3 Å². The number of rotatable bonds is 3. The molecule has 0 aliphatic carbocycles. The van der Waals surface area contributed by atoms with E-state index in [2.05, 4.69) is 5.32 Å². The van der Waals surface area contributed by atoms with Crippen LogP contribution in [0.2, 0.25) is 0 Å². The highest BCUT2D eigenvalue weighted by Crippen LogP contribution is 2.44. The lowest BCUT2D eigenvalue weighted by Crippen LogP contribution is -2.49. The Morgan fingerprint density at radius 1 is 1.09 bits per heavy atom. The molecule has 0 unspecified atom stereocenters. The monoisotopic (exact) mass is 324 g/mol. The highest BCUT2D eigenvalue weighted by molar-refractivity contribution is 5.88. The molecule has 0 radical (unpaired) electrons. The van der Waals surface area contributed by atoms with Crippen molar-refractivity contribution in [2.45, 2.75) is 12.2 Å². The van der Waals surface area contributed by atoms with Crippen LogP contribution in [0.4, 0.5) is 13.2 Å². The molecule has 0 saturated carbocycles. The van der Waals surface area contributed by atoms with E-state index in [9.17, 15) is 13.2 Å². The molecular weight excluding hydrogens is 305 g/mol. The third kappa shape index (κ3) is 3.14. The molecule has 1 saturated heterocycles. The summed E-state index contributed by atoms with van der Waals surface area (Å²) >= 11 is 0. The van der Waals surface area contributed by atoms with Crippen LogP contribution < -0.4 is 10.1 Å². The molecule has 23 heavy (non-hydrogen) atoms. The van der Waals surface area contributed by atoms with Crippen LogP contribution in [-0.2, 0) is 0 Å². The quantitative estimate of drug-likeness (QED) is 0.937. The molecule has 0 bridgehead atoms. The van der Waals surface area contributed by atoms with Gasteiger partial charge < -0.3 is 10.1 Å². The number of hydrogen-bond donors (Lipinski definition) is 1. The molecule has 2 aromatic rings. The van der Waals surface area contributed by atoms with Crippen molar-refractivity contribution in [3.05, 3.63) is 42.0 Å². The van der Waals surface area contributed by atoms with E-state index in [1.54, 1.807) is 24.3 Å². The molecule has 124 valence electrons. The zero-order valence-corrected chi connectivity index (χ0v) is 12.9. The topological polar surface area (TPSA) is 24.5 Å². The summed E-state index contributed by atoms with van der Waals surface area (Å²) in [7, 11) is 1.42. The summed E-state index contributed by atoms with van der Waals surface area (Å²) in [4.78, 5) is 1.49. The second-order valence-corrected chi connectivity index (χ2v) is 5.63. The fourth-order valence-electron chi connectivity index (χ4n) is 3.23. The van der Waals surface area contributed by atoms with E-state index < -0.39 is 12.2 Å². The van der Waals surface area contributed by atoms with Crippen LogP contribution in [0.25, 0.3) is 10.8 Å². The Kier molecular flexibility index (Phi) is 4.46. The number of halogens is 3. The zero-order chi connectivity index (χ0) is 16.4. The first-order chi connectivity index (χ1) is 11.0. The normalized spacial score (nSPS) is 18.1. The number of hydrogen-bond acceptors (Lipinski definition) is 3. The summed E-state index contributed by atoms with van der Waals surface area (Å²) in [5.41, 5.74) is 0.208. The lowest BCUT2D eigenvalue weighted by molar-refractivity contribution is -0.187. The molecule has 2 aromatic carbocycles.